The van der Waals surface area contributed by atoms with Crippen molar-refractivity contribution in [3.05, 3.63) is 94.5 Å². The van der Waals surface area contributed by atoms with Crippen LogP contribution in [-0.4, -0.2) is 16.0 Å². The Balaban J connectivity index is 1.65. The molecule has 0 aromatic heterocycles. The van der Waals surface area contributed by atoms with E-state index in [0.717, 1.165) is 36.0 Å². The number of Topliss-reactive ketones (excluding diaryl/α,β-unsaturated/α-hetero) is 1. The largest absolute Gasteiger partial charge is 0.508 e. The Morgan fingerprint density at radius 2 is 1.41 bits per heavy atom. The van der Waals surface area contributed by atoms with E-state index in [2.05, 4.69) is 0 Å². The summed E-state index contributed by atoms with van der Waals surface area (Å²) in [5, 5.41) is 20.0. The van der Waals surface area contributed by atoms with Gasteiger partial charge in [0.2, 0.25) is 0 Å². The summed E-state index contributed by atoms with van der Waals surface area (Å²) in [7, 11) is 0. The van der Waals surface area contributed by atoms with E-state index < -0.39 is 0 Å². The number of rotatable bonds is 2. The number of carbonyl (C=O) groups is 1. The number of benzene rings is 3. The van der Waals surface area contributed by atoms with Crippen molar-refractivity contribution in [2.24, 2.45) is 5.41 Å². The number of aromatic hydroxyl groups is 2. The minimum atomic E-state index is -0.295. The minimum absolute atomic E-state index is 0.108. The molecule has 1 spiro atoms. The summed E-state index contributed by atoms with van der Waals surface area (Å²) >= 11 is 0. The van der Waals surface area contributed by atoms with Gasteiger partial charge in [-0.15, -0.1) is 0 Å². The van der Waals surface area contributed by atoms with Gasteiger partial charge in [-0.3, -0.25) is 4.79 Å². The smallest absolute Gasteiger partial charge is 0.170 e. The number of carbonyl (C=O) groups excluding carboxylic acids is 1. The zero-order valence-corrected chi connectivity index (χ0v) is 14.9. The third-order valence-electron chi connectivity index (χ3n) is 6.19. The topological polar surface area (TPSA) is 57.5 Å². The number of phenolic OH excluding ortho intramolecular Hbond substituents is 2. The van der Waals surface area contributed by atoms with Crippen molar-refractivity contribution in [1.82, 2.24) is 0 Å². The highest BCUT2D eigenvalue weighted by Gasteiger charge is 2.52. The van der Waals surface area contributed by atoms with Gasteiger partial charge in [0.25, 0.3) is 0 Å². The molecule has 2 atom stereocenters. The fourth-order valence-corrected chi connectivity index (χ4v) is 5.11. The van der Waals surface area contributed by atoms with Gasteiger partial charge < -0.3 is 10.2 Å². The molecule has 2 aliphatic carbocycles. The van der Waals surface area contributed by atoms with E-state index in [9.17, 15) is 15.0 Å². The maximum atomic E-state index is 13.6. The van der Waals surface area contributed by atoms with Crippen molar-refractivity contribution < 1.29 is 15.0 Å². The Bertz CT molecular complexity index is 1050. The molecule has 0 radical (unpaired) electrons. The second-order valence-electron chi connectivity index (χ2n) is 7.89. The highest BCUT2D eigenvalue weighted by Crippen LogP contribution is 2.56. The van der Waals surface area contributed by atoms with Crippen molar-refractivity contribution in [1.29, 1.82) is 0 Å². The second-order valence-corrected chi connectivity index (χ2v) is 7.89. The van der Waals surface area contributed by atoms with Crippen LogP contribution in [0.4, 0.5) is 0 Å². The number of fused-ring (bicyclic) bond motifs is 2. The summed E-state index contributed by atoms with van der Waals surface area (Å²) < 4.78 is 0. The van der Waals surface area contributed by atoms with E-state index in [1.807, 2.05) is 48.5 Å². The Hall–Kier alpha value is -3.07. The Morgan fingerprint density at radius 3 is 2.19 bits per heavy atom. The second kappa shape index (κ2) is 5.71. The average molecular weight is 356 g/mol. The Labute approximate surface area is 157 Å². The lowest BCUT2D eigenvalue weighted by Gasteiger charge is -2.31. The molecule has 3 nitrogen and oxygen atoms in total. The van der Waals surface area contributed by atoms with Crippen molar-refractivity contribution in [2.45, 2.75) is 25.2 Å². The monoisotopic (exact) mass is 356 g/mol. The molecule has 27 heavy (non-hydrogen) atoms. The number of ketones is 1. The van der Waals surface area contributed by atoms with Crippen molar-refractivity contribution in [3.63, 3.8) is 0 Å². The summed E-state index contributed by atoms with van der Waals surface area (Å²) in [4.78, 5) is 13.6. The minimum Gasteiger partial charge on any atom is -0.508 e. The van der Waals surface area contributed by atoms with Crippen LogP contribution in [0.15, 0.2) is 66.7 Å². The van der Waals surface area contributed by atoms with Crippen LogP contribution in [0, 0.1) is 5.41 Å². The lowest BCUT2D eigenvalue weighted by atomic mass is 9.70. The molecule has 3 aromatic carbocycles. The van der Waals surface area contributed by atoms with Gasteiger partial charge in [0.1, 0.15) is 11.5 Å². The van der Waals surface area contributed by atoms with Gasteiger partial charge in [0.05, 0.1) is 5.92 Å². The SMILES string of the molecule is O=C(c1ccccc1)C1c2cc(O)ccc2CC12Cc1ccc(O)cc1C2. The lowest BCUT2D eigenvalue weighted by molar-refractivity contribution is 0.0879. The third-order valence-corrected chi connectivity index (χ3v) is 6.19. The summed E-state index contributed by atoms with van der Waals surface area (Å²) in [6.45, 7) is 0. The third kappa shape index (κ3) is 2.46. The summed E-state index contributed by atoms with van der Waals surface area (Å²) in [6.07, 6.45) is 2.37. The van der Waals surface area contributed by atoms with Crippen molar-refractivity contribution in [2.75, 3.05) is 0 Å². The van der Waals surface area contributed by atoms with Gasteiger partial charge in [0, 0.05) is 5.56 Å². The molecule has 3 aromatic rings. The van der Waals surface area contributed by atoms with Crippen LogP contribution in [0.3, 0.4) is 0 Å². The molecule has 0 bridgehead atoms. The van der Waals surface area contributed by atoms with Crippen LogP contribution in [0.2, 0.25) is 0 Å². The number of hydrogen-bond donors (Lipinski definition) is 2. The zero-order valence-electron chi connectivity index (χ0n) is 14.9. The van der Waals surface area contributed by atoms with Crippen molar-refractivity contribution >= 4 is 5.78 Å². The van der Waals surface area contributed by atoms with Gasteiger partial charge in [-0.1, -0.05) is 42.5 Å². The van der Waals surface area contributed by atoms with Crippen LogP contribution in [0.25, 0.3) is 0 Å². The first-order valence-corrected chi connectivity index (χ1v) is 9.28. The van der Waals surface area contributed by atoms with Crippen LogP contribution < -0.4 is 0 Å². The predicted molar refractivity (Wildman–Crippen MR) is 103 cm³/mol. The molecule has 3 heteroatoms. The van der Waals surface area contributed by atoms with Gasteiger partial charge in [0.15, 0.2) is 5.78 Å². The molecule has 2 unspecified atom stereocenters. The molecule has 0 fully saturated rings. The van der Waals surface area contributed by atoms with E-state index in [1.165, 1.54) is 5.56 Å². The molecule has 0 saturated carbocycles. The normalized spacial score (nSPS) is 22.6. The summed E-state index contributed by atoms with van der Waals surface area (Å²) in [5.74, 6) is 0.281. The van der Waals surface area contributed by atoms with E-state index in [0.29, 0.717) is 5.56 Å². The van der Waals surface area contributed by atoms with Gasteiger partial charge in [-0.25, -0.2) is 0 Å². The maximum absolute atomic E-state index is 13.6. The fraction of sp³-hybridized carbons (Fsp3) is 0.208. The van der Waals surface area contributed by atoms with Crippen LogP contribution in [-0.2, 0) is 19.3 Å². The van der Waals surface area contributed by atoms with Crippen LogP contribution in [0.1, 0.15) is 38.5 Å². The highest BCUT2D eigenvalue weighted by atomic mass is 16.3. The number of phenols is 2. The first kappa shape index (κ1) is 16.1. The lowest BCUT2D eigenvalue weighted by Crippen LogP contribution is -2.32. The average Bonchev–Trinajstić information content (AvgIpc) is 3.17. The first-order chi connectivity index (χ1) is 13.1. The van der Waals surface area contributed by atoms with Gasteiger partial charge in [-0.05, 0) is 71.2 Å². The molecule has 2 aliphatic rings. The molecule has 0 aliphatic heterocycles. The van der Waals surface area contributed by atoms with E-state index in [4.69, 9.17) is 0 Å². The van der Waals surface area contributed by atoms with Crippen LogP contribution in [0.5, 0.6) is 11.5 Å². The molecule has 5 rings (SSSR count). The van der Waals surface area contributed by atoms with Crippen LogP contribution >= 0.6 is 0 Å². The Kier molecular flexibility index (Phi) is 3.41. The van der Waals surface area contributed by atoms with Crippen molar-refractivity contribution in [3.8, 4) is 11.5 Å². The molecule has 0 heterocycles. The molecule has 0 saturated heterocycles. The fourth-order valence-electron chi connectivity index (χ4n) is 5.11. The molecular weight excluding hydrogens is 336 g/mol. The van der Waals surface area contributed by atoms with E-state index >= 15 is 0 Å². The number of hydrogen-bond acceptors (Lipinski definition) is 3. The standard InChI is InChI=1S/C24H20O3/c25-19-8-6-16-12-24(14-18(16)10-19)13-17-7-9-20(26)11-21(17)22(24)23(27)15-4-2-1-3-5-15/h1-11,22,25-26H,12-14H2. The molecule has 2 N–H and O–H groups in total. The predicted octanol–water partition coefficient (Wildman–Crippen LogP) is 4.41. The first-order valence-electron chi connectivity index (χ1n) is 9.28. The quantitative estimate of drug-likeness (QED) is 0.669. The molecule has 134 valence electrons. The van der Waals surface area contributed by atoms with Gasteiger partial charge in [-0.2, -0.15) is 0 Å². The summed E-state index contributed by atoms with van der Waals surface area (Å²) in [5.41, 5.74) is 4.88. The molecule has 0 amide bonds. The molecular formula is C24H20O3. The zero-order chi connectivity index (χ0) is 18.6. The highest BCUT2D eigenvalue weighted by molar-refractivity contribution is 6.02. The Morgan fingerprint density at radius 1 is 0.778 bits per heavy atom. The summed E-state index contributed by atoms with van der Waals surface area (Å²) in [6, 6.07) is 20.4. The maximum Gasteiger partial charge on any atom is 0.170 e. The van der Waals surface area contributed by atoms with E-state index in [-0.39, 0.29) is 28.6 Å². The van der Waals surface area contributed by atoms with E-state index in [1.54, 1.807) is 18.2 Å². The van der Waals surface area contributed by atoms with Gasteiger partial charge >= 0.3 is 0 Å².